The molecule has 0 unspecified atom stereocenters. The molecule has 0 saturated heterocycles. The second kappa shape index (κ2) is 9.28. The minimum Gasteiger partial charge on any atom is -0.265 e. The van der Waals surface area contributed by atoms with Crippen molar-refractivity contribution in [2.24, 2.45) is 0 Å². The van der Waals surface area contributed by atoms with E-state index in [4.69, 9.17) is 9.97 Å². The van der Waals surface area contributed by atoms with Crippen molar-refractivity contribution in [1.29, 1.82) is 0 Å². The van der Waals surface area contributed by atoms with Crippen molar-refractivity contribution >= 4 is 65.8 Å². The van der Waals surface area contributed by atoms with Crippen LogP contribution >= 0.6 is 22.7 Å². The number of thiophene rings is 2. The Morgan fingerprint density at radius 3 is 2.00 bits per heavy atom. The average molecular weight is 526 g/mol. The summed E-state index contributed by atoms with van der Waals surface area (Å²) < 4.78 is 4.75. The molecule has 8 bridgehead atoms. The van der Waals surface area contributed by atoms with Crippen molar-refractivity contribution in [3.05, 3.63) is 113 Å². The van der Waals surface area contributed by atoms with Crippen molar-refractivity contribution in [2.75, 3.05) is 0 Å². The number of aromatic nitrogens is 3. The number of aryl methyl sites for hydroxylation is 2. The van der Waals surface area contributed by atoms with Gasteiger partial charge in [0.2, 0.25) is 0 Å². The third kappa shape index (κ3) is 4.10. The van der Waals surface area contributed by atoms with Crippen molar-refractivity contribution in [3.63, 3.8) is 0 Å². The highest BCUT2D eigenvalue weighted by Gasteiger charge is 2.14. The Morgan fingerprint density at radius 2 is 1.18 bits per heavy atom. The van der Waals surface area contributed by atoms with Crippen molar-refractivity contribution in [2.45, 2.75) is 13.8 Å². The molecule has 0 radical (unpaired) electrons. The predicted molar refractivity (Wildman–Crippen MR) is 164 cm³/mol. The Bertz CT molecular complexity index is 1930. The Kier molecular flexibility index (Phi) is 5.61. The normalized spacial score (nSPS) is 12.3. The van der Waals surface area contributed by atoms with Crippen LogP contribution in [0.5, 0.6) is 0 Å². The molecule has 6 heterocycles. The van der Waals surface area contributed by atoms with Crippen LogP contribution in [0.15, 0.2) is 79.1 Å². The maximum Gasteiger partial charge on any atom is 0.0730 e. The molecule has 182 valence electrons. The van der Waals surface area contributed by atoms with Crippen LogP contribution in [0.3, 0.4) is 0 Å². The molecule has 38 heavy (non-hydrogen) atoms. The van der Waals surface area contributed by atoms with E-state index in [1.807, 2.05) is 12.4 Å². The third-order valence-corrected chi connectivity index (χ3v) is 9.16. The number of rotatable bonds is 2. The number of nitrogens with zero attached hydrogens (tertiary/aromatic N) is 3. The topological polar surface area (TPSA) is 38.7 Å². The lowest BCUT2D eigenvalue weighted by atomic mass is 10.0. The van der Waals surface area contributed by atoms with E-state index in [9.17, 15) is 0 Å². The summed E-state index contributed by atoms with van der Waals surface area (Å²) in [6, 6.07) is 23.8. The second-order valence-electron chi connectivity index (χ2n) is 9.46. The van der Waals surface area contributed by atoms with Crippen LogP contribution in [0.25, 0.3) is 65.4 Å². The van der Waals surface area contributed by atoms with Crippen LogP contribution in [-0.2, 0) is 0 Å². The van der Waals surface area contributed by atoms with Crippen molar-refractivity contribution in [1.82, 2.24) is 15.0 Å². The molecule has 2 aliphatic heterocycles. The number of pyridine rings is 1. The highest BCUT2D eigenvalue weighted by Crippen LogP contribution is 2.37. The van der Waals surface area contributed by atoms with Gasteiger partial charge in [0.25, 0.3) is 0 Å². The molecule has 4 aromatic heterocycles. The van der Waals surface area contributed by atoms with Gasteiger partial charge in [-0.1, -0.05) is 29.8 Å². The fourth-order valence-corrected chi connectivity index (χ4v) is 7.01. The van der Waals surface area contributed by atoms with Gasteiger partial charge in [-0.3, -0.25) is 4.98 Å². The van der Waals surface area contributed by atoms with E-state index in [0.717, 1.165) is 44.2 Å². The zero-order chi connectivity index (χ0) is 25.6. The van der Waals surface area contributed by atoms with Crippen molar-refractivity contribution in [3.8, 4) is 22.3 Å². The number of fused-ring (bicyclic) bond motifs is 8. The van der Waals surface area contributed by atoms with Gasteiger partial charge >= 0.3 is 0 Å². The number of hydrogen-bond acceptors (Lipinski definition) is 5. The van der Waals surface area contributed by atoms with Gasteiger partial charge in [-0.05, 0) is 97.3 Å². The van der Waals surface area contributed by atoms with Crippen molar-refractivity contribution < 1.29 is 0 Å². The Morgan fingerprint density at radius 1 is 0.553 bits per heavy atom. The first kappa shape index (κ1) is 23.0. The highest BCUT2D eigenvalue weighted by molar-refractivity contribution is 7.24. The summed E-state index contributed by atoms with van der Waals surface area (Å²) in [7, 11) is 0. The van der Waals surface area contributed by atoms with Crippen LogP contribution in [-0.4, -0.2) is 15.0 Å². The lowest BCUT2D eigenvalue weighted by molar-refractivity contribution is 1.28. The molecule has 5 aromatic rings. The van der Waals surface area contributed by atoms with E-state index >= 15 is 0 Å². The molecular formula is C33H23N3S2. The standard InChI is InChI=1S/C33H23N3S2/c1-20-3-5-22(6-4-20)32-27-9-7-24(35-27)19-25-8-12-30(37-25)33(23-15-17-34-18-16-23)28-11-10-26(36-28)21(2)29-13-14-31(32)38-29/h3-19H,1-2H3. The molecule has 0 saturated carbocycles. The molecular weight excluding hydrogens is 503 g/mol. The maximum absolute atomic E-state index is 5.13. The van der Waals surface area contributed by atoms with Gasteiger partial charge in [0.1, 0.15) is 0 Å². The molecule has 0 fully saturated rings. The fourth-order valence-electron chi connectivity index (χ4n) is 4.89. The Balaban J connectivity index is 1.60. The molecule has 0 spiro atoms. The van der Waals surface area contributed by atoms with E-state index in [-0.39, 0.29) is 0 Å². The molecule has 1 aromatic carbocycles. The summed E-state index contributed by atoms with van der Waals surface area (Å²) >= 11 is 3.55. The first-order valence-corrected chi connectivity index (χ1v) is 14.1. The third-order valence-electron chi connectivity index (χ3n) is 6.89. The van der Waals surface area contributed by atoms with Gasteiger partial charge in [0, 0.05) is 42.3 Å². The average Bonchev–Trinajstić information content (AvgIpc) is 3.75. The smallest absolute Gasteiger partial charge is 0.0730 e. The Hall–Kier alpha value is -4.19. The summed E-state index contributed by atoms with van der Waals surface area (Å²) in [5, 5.41) is 0. The monoisotopic (exact) mass is 525 g/mol. The van der Waals surface area contributed by atoms with E-state index in [1.54, 1.807) is 22.7 Å². The Labute approximate surface area is 229 Å². The largest absolute Gasteiger partial charge is 0.265 e. The van der Waals surface area contributed by atoms with E-state index in [2.05, 4.69) is 110 Å². The van der Waals surface area contributed by atoms with Gasteiger partial charge in [-0.25, -0.2) is 9.97 Å². The first-order chi connectivity index (χ1) is 18.6. The molecule has 3 nitrogen and oxygen atoms in total. The predicted octanol–water partition coefficient (Wildman–Crippen LogP) is 9.47. The first-order valence-electron chi connectivity index (χ1n) is 12.5. The lowest BCUT2D eigenvalue weighted by Crippen LogP contribution is -1.85. The summed E-state index contributed by atoms with van der Waals surface area (Å²) in [6.07, 6.45) is 12.2. The summed E-state index contributed by atoms with van der Waals surface area (Å²) in [5.41, 5.74) is 10.9. The fraction of sp³-hybridized carbons (Fsp3) is 0.0606. The maximum atomic E-state index is 5.13. The van der Waals surface area contributed by atoms with Gasteiger partial charge in [0.15, 0.2) is 0 Å². The molecule has 0 aliphatic carbocycles. The van der Waals surface area contributed by atoms with Crippen LogP contribution in [0.2, 0.25) is 0 Å². The van der Waals surface area contributed by atoms with Gasteiger partial charge in [-0.15, -0.1) is 22.7 Å². The van der Waals surface area contributed by atoms with Gasteiger partial charge < -0.3 is 0 Å². The van der Waals surface area contributed by atoms with E-state index in [1.165, 1.54) is 30.8 Å². The zero-order valence-corrected chi connectivity index (χ0v) is 22.6. The minimum absolute atomic E-state index is 0.962. The SMILES string of the molecule is Cc1ccc(-c2c3nc(cc4ccc(s4)c(-c4ccncc4)c4nc(c(C)c5ccc2s5)C=C4)C=C3)cc1. The number of benzene rings is 1. The molecule has 2 aliphatic rings. The van der Waals surface area contributed by atoms with Crippen LogP contribution in [0, 0.1) is 13.8 Å². The van der Waals surface area contributed by atoms with Crippen LogP contribution in [0.4, 0.5) is 0 Å². The lowest BCUT2D eigenvalue weighted by Gasteiger charge is -2.04. The quantitative estimate of drug-likeness (QED) is 0.226. The molecule has 0 N–H and O–H groups in total. The van der Waals surface area contributed by atoms with E-state index in [0.29, 0.717) is 0 Å². The van der Waals surface area contributed by atoms with E-state index < -0.39 is 0 Å². The highest BCUT2D eigenvalue weighted by atomic mass is 32.1. The molecule has 0 atom stereocenters. The minimum atomic E-state index is 0.962. The molecule has 0 amide bonds. The van der Waals surface area contributed by atoms with Crippen LogP contribution in [0.1, 0.15) is 33.9 Å². The molecule has 5 heteroatoms. The van der Waals surface area contributed by atoms with Gasteiger partial charge in [0.05, 0.1) is 22.8 Å². The second-order valence-corrected chi connectivity index (χ2v) is 11.7. The summed E-state index contributed by atoms with van der Waals surface area (Å²) in [6.45, 7) is 4.29. The van der Waals surface area contributed by atoms with Crippen LogP contribution < -0.4 is 0 Å². The molecule has 7 rings (SSSR count). The summed E-state index contributed by atoms with van der Waals surface area (Å²) in [4.78, 5) is 14.4. The van der Waals surface area contributed by atoms with Gasteiger partial charge in [-0.2, -0.15) is 0 Å². The summed E-state index contributed by atoms with van der Waals surface area (Å²) in [5.74, 6) is 0. The zero-order valence-electron chi connectivity index (χ0n) is 21.0. The number of hydrogen-bond donors (Lipinski definition) is 0.